The van der Waals surface area contributed by atoms with E-state index in [0.29, 0.717) is 5.56 Å². The standard InChI is InChI=1S/C27H28N2O2S/c1-17-14-18(2)16-19(15-17)28-26(30)24-21-10-5-6-11-22(21)27(31)29(20-8-3-4-9-20)25(24)23-12-7-13-32-23/h5-7,10-16,20,24-25H,3-4,8-9H2,1-2H3,(H,28,30)/t24-,25+/m0/s1. The van der Waals surface area contributed by atoms with Crippen LogP contribution in [0.1, 0.15) is 69.6 Å². The minimum absolute atomic E-state index is 0.0568. The van der Waals surface area contributed by atoms with E-state index in [1.54, 1.807) is 11.3 Å². The molecule has 0 saturated heterocycles. The van der Waals surface area contributed by atoms with E-state index < -0.39 is 5.92 Å². The van der Waals surface area contributed by atoms with Crippen molar-refractivity contribution in [1.82, 2.24) is 4.90 Å². The maximum Gasteiger partial charge on any atom is 0.254 e. The quantitative estimate of drug-likeness (QED) is 0.519. The van der Waals surface area contributed by atoms with E-state index in [4.69, 9.17) is 0 Å². The van der Waals surface area contributed by atoms with Crippen LogP contribution in [0.15, 0.2) is 60.0 Å². The fourth-order valence-corrected chi connectivity index (χ4v) is 6.31. The topological polar surface area (TPSA) is 49.4 Å². The maximum atomic E-state index is 13.9. The number of rotatable bonds is 4. The molecule has 1 aliphatic carbocycles. The Morgan fingerprint density at radius 1 is 1.00 bits per heavy atom. The Kier molecular flexibility index (Phi) is 5.60. The van der Waals surface area contributed by atoms with Crippen LogP contribution in [-0.2, 0) is 4.79 Å². The van der Waals surface area contributed by atoms with Gasteiger partial charge in [0.25, 0.3) is 5.91 Å². The Labute approximate surface area is 193 Å². The van der Waals surface area contributed by atoms with E-state index in [9.17, 15) is 9.59 Å². The van der Waals surface area contributed by atoms with Gasteiger partial charge in [-0.3, -0.25) is 9.59 Å². The van der Waals surface area contributed by atoms with Crippen LogP contribution < -0.4 is 5.32 Å². The monoisotopic (exact) mass is 444 g/mol. The third-order valence-electron chi connectivity index (χ3n) is 6.70. The summed E-state index contributed by atoms with van der Waals surface area (Å²) >= 11 is 1.63. The van der Waals surface area contributed by atoms with Crippen LogP contribution in [-0.4, -0.2) is 22.8 Å². The summed E-state index contributed by atoms with van der Waals surface area (Å²) in [7, 11) is 0. The van der Waals surface area contributed by atoms with Crippen LogP contribution in [0.2, 0.25) is 0 Å². The number of thiophene rings is 1. The lowest BCUT2D eigenvalue weighted by molar-refractivity contribution is -0.119. The van der Waals surface area contributed by atoms with Crippen molar-refractivity contribution in [3.63, 3.8) is 0 Å². The van der Waals surface area contributed by atoms with Gasteiger partial charge >= 0.3 is 0 Å². The Morgan fingerprint density at radius 2 is 1.72 bits per heavy atom. The van der Waals surface area contributed by atoms with Crippen molar-refractivity contribution < 1.29 is 9.59 Å². The highest BCUT2D eigenvalue weighted by Crippen LogP contribution is 2.47. The normalized spacial score (nSPS) is 20.9. The first-order valence-electron chi connectivity index (χ1n) is 11.4. The number of fused-ring (bicyclic) bond motifs is 1. The van der Waals surface area contributed by atoms with Crippen molar-refractivity contribution in [2.75, 3.05) is 5.32 Å². The van der Waals surface area contributed by atoms with Crippen molar-refractivity contribution in [2.24, 2.45) is 0 Å². The molecular weight excluding hydrogens is 416 g/mol. The van der Waals surface area contributed by atoms with Gasteiger partial charge in [-0.2, -0.15) is 0 Å². The Balaban J connectivity index is 1.62. The first-order chi connectivity index (χ1) is 15.5. The lowest BCUT2D eigenvalue weighted by atomic mass is 9.80. The van der Waals surface area contributed by atoms with Gasteiger partial charge in [-0.25, -0.2) is 0 Å². The van der Waals surface area contributed by atoms with Gasteiger partial charge < -0.3 is 10.2 Å². The molecular formula is C27H28N2O2S. The first-order valence-corrected chi connectivity index (χ1v) is 12.2. The van der Waals surface area contributed by atoms with Gasteiger partial charge in [0, 0.05) is 22.2 Å². The molecule has 2 heterocycles. The number of aryl methyl sites for hydroxylation is 2. The minimum atomic E-state index is -0.455. The molecule has 2 atom stereocenters. The van der Waals surface area contributed by atoms with E-state index in [-0.39, 0.29) is 23.9 Å². The SMILES string of the molecule is Cc1cc(C)cc(NC(=O)[C@H]2c3ccccc3C(=O)N(C3CCCC3)[C@@H]2c2cccs2)c1. The number of anilines is 1. The molecule has 0 spiro atoms. The second-order valence-electron chi connectivity index (χ2n) is 9.04. The summed E-state index contributed by atoms with van der Waals surface area (Å²) in [4.78, 5) is 30.7. The molecule has 164 valence electrons. The zero-order valence-electron chi connectivity index (χ0n) is 18.5. The summed E-state index contributed by atoms with van der Waals surface area (Å²) in [5, 5.41) is 5.21. The zero-order valence-corrected chi connectivity index (χ0v) is 19.3. The van der Waals surface area contributed by atoms with E-state index >= 15 is 0 Å². The summed E-state index contributed by atoms with van der Waals surface area (Å²) in [5.41, 5.74) is 4.52. The van der Waals surface area contributed by atoms with Crippen LogP contribution in [0.3, 0.4) is 0 Å². The van der Waals surface area contributed by atoms with Gasteiger partial charge in [-0.15, -0.1) is 11.3 Å². The molecule has 2 amide bonds. The van der Waals surface area contributed by atoms with Gasteiger partial charge in [0.05, 0.1) is 12.0 Å². The summed E-state index contributed by atoms with van der Waals surface area (Å²) in [5.74, 6) is -0.457. The average Bonchev–Trinajstić information content (AvgIpc) is 3.47. The number of carbonyl (C=O) groups excluding carboxylic acids is 2. The second-order valence-corrected chi connectivity index (χ2v) is 10.0. The predicted octanol–water partition coefficient (Wildman–Crippen LogP) is 6.23. The molecule has 1 aliphatic heterocycles. The number of nitrogens with one attached hydrogen (secondary N) is 1. The van der Waals surface area contributed by atoms with Crippen molar-refractivity contribution in [3.8, 4) is 0 Å². The van der Waals surface area contributed by atoms with Crippen LogP contribution in [0.5, 0.6) is 0 Å². The lowest BCUT2D eigenvalue weighted by Gasteiger charge is -2.44. The molecule has 5 rings (SSSR count). The van der Waals surface area contributed by atoms with E-state index in [0.717, 1.165) is 52.9 Å². The average molecular weight is 445 g/mol. The van der Waals surface area contributed by atoms with Gasteiger partial charge in [-0.05, 0) is 73.0 Å². The van der Waals surface area contributed by atoms with Gasteiger partial charge in [0.15, 0.2) is 0 Å². The molecule has 2 aromatic carbocycles. The van der Waals surface area contributed by atoms with Gasteiger partial charge in [-0.1, -0.05) is 43.2 Å². The lowest BCUT2D eigenvalue weighted by Crippen LogP contribution is -2.49. The summed E-state index contributed by atoms with van der Waals surface area (Å²) in [6.07, 6.45) is 4.27. The van der Waals surface area contributed by atoms with Crippen molar-refractivity contribution in [1.29, 1.82) is 0 Å². The predicted molar refractivity (Wildman–Crippen MR) is 129 cm³/mol. The number of hydrogen-bond donors (Lipinski definition) is 1. The summed E-state index contributed by atoms with van der Waals surface area (Å²) < 4.78 is 0. The molecule has 0 unspecified atom stereocenters. The van der Waals surface area contributed by atoms with Gasteiger partial charge in [0.1, 0.15) is 0 Å². The molecule has 0 radical (unpaired) electrons. The molecule has 4 nitrogen and oxygen atoms in total. The first kappa shape index (κ1) is 21.0. The van der Waals surface area contributed by atoms with E-state index in [1.807, 2.05) is 66.6 Å². The maximum absolute atomic E-state index is 13.9. The number of carbonyl (C=O) groups is 2. The molecule has 5 heteroatoms. The third-order valence-corrected chi connectivity index (χ3v) is 7.64. The molecule has 1 fully saturated rings. The molecule has 1 N–H and O–H groups in total. The highest BCUT2D eigenvalue weighted by atomic mass is 32.1. The van der Waals surface area contributed by atoms with Crippen LogP contribution in [0, 0.1) is 13.8 Å². The number of amides is 2. The van der Waals surface area contributed by atoms with Crippen LogP contribution >= 0.6 is 11.3 Å². The van der Waals surface area contributed by atoms with Gasteiger partial charge in [0.2, 0.25) is 5.91 Å². The molecule has 0 bridgehead atoms. The zero-order chi connectivity index (χ0) is 22.2. The number of hydrogen-bond acceptors (Lipinski definition) is 3. The number of benzene rings is 2. The fraction of sp³-hybridized carbons (Fsp3) is 0.333. The molecule has 1 saturated carbocycles. The van der Waals surface area contributed by atoms with Crippen LogP contribution in [0.4, 0.5) is 5.69 Å². The molecule has 3 aromatic rings. The Hall–Kier alpha value is -2.92. The van der Waals surface area contributed by atoms with Crippen LogP contribution in [0.25, 0.3) is 0 Å². The Bertz CT molecular complexity index is 1130. The summed E-state index contributed by atoms with van der Waals surface area (Å²) in [6.45, 7) is 4.07. The minimum Gasteiger partial charge on any atom is -0.327 e. The smallest absolute Gasteiger partial charge is 0.254 e. The number of nitrogens with zero attached hydrogens (tertiary/aromatic N) is 1. The second kappa shape index (κ2) is 8.55. The van der Waals surface area contributed by atoms with Crippen molar-refractivity contribution in [3.05, 3.63) is 87.1 Å². The highest BCUT2D eigenvalue weighted by Gasteiger charge is 2.47. The molecule has 32 heavy (non-hydrogen) atoms. The van der Waals surface area contributed by atoms with E-state index in [2.05, 4.69) is 17.4 Å². The third kappa shape index (κ3) is 3.75. The Morgan fingerprint density at radius 3 is 2.41 bits per heavy atom. The fourth-order valence-electron chi connectivity index (χ4n) is 5.45. The van der Waals surface area contributed by atoms with Crippen molar-refractivity contribution >= 4 is 28.8 Å². The summed E-state index contributed by atoms with van der Waals surface area (Å²) in [6, 6.07) is 17.7. The highest BCUT2D eigenvalue weighted by molar-refractivity contribution is 7.10. The van der Waals surface area contributed by atoms with E-state index in [1.165, 1.54) is 0 Å². The molecule has 1 aromatic heterocycles. The largest absolute Gasteiger partial charge is 0.327 e. The van der Waals surface area contributed by atoms with Crippen molar-refractivity contribution in [2.45, 2.75) is 57.5 Å². The molecule has 2 aliphatic rings.